The van der Waals surface area contributed by atoms with Crippen molar-refractivity contribution in [3.05, 3.63) is 40.0 Å². The summed E-state index contributed by atoms with van der Waals surface area (Å²) >= 11 is 2.01. The number of nitrogens with zero attached hydrogens (tertiary/aromatic N) is 1. The Morgan fingerprint density at radius 3 is 2.87 bits per heavy atom. The van der Waals surface area contributed by atoms with Gasteiger partial charge in [-0.15, -0.1) is 6.58 Å². The number of halogens is 1. The summed E-state index contributed by atoms with van der Waals surface area (Å²) in [5.41, 5.74) is 0.484. The van der Waals surface area contributed by atoms with Crippen molar-refractivity contribution >= 4 is 28.5 Å². The van der Waals surface area contributed by atoms with Crippen LogP contribution in [-0.2, 0) is 0 Å². The normalized spacial score (nSPS) is 9.73. The monoisotopic (exact) mass is 317 g/mol. The van der Waals surface area contributed by atoms with Gasteiger partial charge in [0.25, 0.3) is 5.91 Å². The fourth-order valence-corrected chi connectivity index (χ4v) is 1.48. The minimum atomic E-state index is -0.124. The summed E-state index contributed by atoms with van der Waals surface area (Å²) < 4.78 is 0.732. The minimum Gasteiger partial charge on any atom is -0.507 e. The van der Waals surface area contributed by atoms with Crippen LogP contribution in [0.15, 0.2) is 30.9 Å². The Hall–Kier alpha value is -1.04. The molecule has 1 N–H and O–H groups in total. The first kappa shape index (κ1) is 12.0. The Bertz CT molecular complexity index is 390. The van der Waals surface area contributed by atoms with E-state index in [1.807, 2.05) is 22.6 Å². The summed E-state index contributed by atoms with van der Waals surface area (Å²) in [5.74, 6) is 0.00931. The Morgan fingerprint density at radius 2 is 2.33 bits per heavy atom. The highest BCUT2D eigenvalue weighted by atomic mass is 127. The predicted molar refractivity (Wildman–Crippen MR) is 68.0 cm³/mol. The highest BCUT2D eigenvalue weighted by Gasteiger charge is 2.11. The minimum absolute atomic E-state index is 0.124. The van der Waals surface area contributed by atoms with Crippen LogP contribution in [0.3, 0.4) is 0 Å². The molecule has 0 radical (unpaired) electrons. The number of amides is 1. The van der Waals surface area contributed by atoms with Gasteiger partial charge in [-0.3, -0.25) is 4.79 Å². The lowest BCUT2D eigenvalue weighted by Gasteiger charge is -2.14. The maximum Gasteiger partial charge on any atom is 0.254 e. The predicted octanol–water partition coefficient (Wildman–Crippen LogP) is 2.25. The Balaban J connectivity index is 2.91. The molecule has 80 valence electrons. The second-order valence-corrected chi connectivity index (χ2v) is 4.30. The first-order valence-corrected chi connectivity index (χ1v) is 5.49. The van der Waals surface area contributed by atoms with Crippen LogP contribution in [0.4, 0.5) is 0 Å². The third-order valence-corrected chi connectivity index (χ3v) is 2.85. The van der Waals surface area contributed by atoms with Crippen molar-refractivity contribution in [2.45, 2.75) is 0 Å². The van der Waals surface area contributed by atoms with Crippen LogP contribution in [0, 0.1) is 3.57 Å². The number of phenols is 1. The van der Waals surface area contributed by atoms with Gasteiger partial charge < -0.3 is 10.0 Å². The molecule has 0 heterocycles. The van der Waals surface area contributed by atoms with Crippen LogP contribution in [0.2, 0.25) is 0 Å². The number of hydrogen-bond acceptors (Lipinski definition) is 2. The molecule has 0 aliphatic heterocycles. The van der Waals surface area contributed by atoms with Crippen molar-refractivity contribution in [1.29, 1.82) is 0 Å². The molecule has 0 aliphatic carbocycles. The first-order valence-electron chi connectivity index (χ1n) is 4.41. The Labute approximate surface area is 103 Å². The van der Waals surface area contributed by atoms with Crippen molar-refractivity contribution in [2.24, 2.45) is 0 Å². The van der Waals surface area contributed by atoms with E-state index in [2.05, 4.69) is 6.58 Å². The zero-order valence-corrected chi connectivity index (χ0v) is 10.6. The highest BCUT2D eigenvalue weighted by molar-refractivity contribution is 14.1. The van der Waals surface area contributed by atoms with Crippen LogP contribution in [0.5, 0.6) is 5.75 Å². The van der Waals surface area contributed by atoms with Crippen molar-refractivity contribution in [2.75, 3.05) is 13.6 Å². The van der Waals surface area contributed by atoms with Gasteiger partial charge in [-0.25, -0.2) is 0 Å². The number of hydrogen-bond donors (Lipinski definition) is 1. The van der Waals surface area contributed by atoms with E-state index in [0.29, 0.717) is 12.1 Å². The molecular formula is C11H12INO2. The zero-order valence-electron chi connectivity index (χ0n) is 8.40. The van der Waals surface area contributed by atoms with Gasteiger partial charge in [0, 0.05) is 19.2 Å². The maximum atomic E-state index is 11.8. The smallest absolute Gasteiger partial charge is 0.254 e. The fourth-order valence-electron chi connectivity index (χ4n) is 1.14. The van der Waals surface area contributed by atoms with E-state index in [9.17, 15) is 9.90 Å². The lowest BCUT2D eigenvalue weighted by molar-refractivity contribution is 0.0810. The molecule has 0 saturated heterocycles. The molecule has 1 aromatic carbocycles. The average molecular weight is 317 g/mol. The van der Waals surface area contributed by atoms with Crippen LogP contribution < -0.4 is 0 Å². The summed E-state index contributed by atoms with van der Waals surface area (Å²) in [6.45, 7) is 4.06. The molecule has 0 spiro atoms. The van der Waals surface area contributed by atoms with Gasteiger partial charge in [0.15, 0.2) is 0 Å². The molecule has 1 amide bonds. The zero-order chi connectivity index (χ0) is 11.4. The SMILES string of the molecule is C=CCN(C)C(=O)c1ccc(I)c(O)c1. The quantitative estimate of drug-likeness (QED) is 0.686. The molecule has 3 nitrogen and oxygen atoms in total. The van der Waals surface area contributed by atoms with Gasteiger partial charge >= 0.3 is 0 Å². The number of phenolic OH excluding ortho intramolecular Hbond substituents is 1. The molecule has 0 aliphatic rings. The number of rotatable bonds is 3. The number of aromatic hydroxyl groups is 1. The van der Waals surface area contributed by atoms with E-state index >= 15 is 0 Å². The fraction of sp³-hybridized carbons (Fsp3) is 0.182. The second-order valence-electron chi connectivity index (χ2n) is 3.14. The molecule has 1 aromatic rings. The van der Waals surface area contributed by atoms with E-state index in [4.69, 9.17) is 0 Å². The van der Waals surface area contributed by atoms with Crippen molar-refractivity contribution in [1.82, 2.24) is 4.90 Å². The summed E-state index contributed by atoms with van der Waals surface area (Å²) in [6, 6.07) is 4.89. The van der Waals surface area contributed by atoms with Gasteiger partial charge in [-0.2, -0.15) is 0 Å². The molecular weight excluding hydrogens is 305 g/mol. The summed E-state index contributed by atoms with van der Waals surface area (Å²) in [6.07, 6.45) is 1.66. The van der Waals surface area contributed by atoms with Crippen LogP contribution in [0.25, 0.3) is 0 Å². The third kappa shape index (κ3) is 2.95. The molecule has 1 rings (SSSR count). The number of benzene rings is 1. The van der Waals surface area contributed by atoms with Gasteiger partial charge in [0.05, 0.1) is 3.57 Å². The van der Waals surface area contributed by atoms with E-state index in [1.54, 1.807) is 25.3 Å². The number of carbonyl (C=O) groups excluding carboxylic acids is 1. The summed E-state index contributed by atoms with van der Waals surface area (Å²) in [5, 5.41) is 9.46. The van der Waals surface area contributed by atoms with Gasteiger partial charge in [0.2, 0.25) is 0 Å². The van der Waals surface area contributed by atoms with Gasteiger partial charge in [-0.05, 0) is 40.8 Å². The van der Waals surface area contributed by atoms with E-state index in [-0.39, 0.29) is 11.7 Å². The average Bonchev–Trinajstić information content (AvgIpc) is 2.21. The number of carbonyl (C=O) groups is 1. The molecule has 4 heteroatoms. The van der Waals surface area contributed by atoms with E-state index in [1.165, 1.54) is 11.0 Å². The molecule has 0 aromatic heterocycles. The molecule has 0 fully saturated rings. The topological polar surface area (TPSA) is 40.5 Å². The lowest BCUT2D eigenvalue weighted by atomic mass is 10.2. The Morgan fingerprint density at radius 1 is 1.67 bits per heavy atom. The van der Waals surface area contributed by atoms with Crippen molar-refractivity contribution in [3.63, 3.8) is 0 Å². The van der Waals surface area contributed by atoms with Gasteiger partial charge in [0.1, 0.15) is 5.75 Å². The molecule has 15 heavy (non-hydrogen) atoms. The van der Waals surface area contributed by atoms with Crippen molar-refractivity contribution < 1.29 is 9.90 Å². The number of likely N-dealkylation sites (N-methyl/N-ethyl adjacent to an activating group) is 1. The van der Waals surface area contributed by atoms with Crippen molar-refractivity contribution in [3.8, 4) is 5.75 Å². The van der Waals surface area contributed by atoms with E-state index in [0.717, 1.165) is 3.57 Å². The van der Waals surface area contributed by atoms with E-state index < -0.39 is 0 Å². The maximum absolute atomic E-state index is 11.8. The highest BCUT2D eigenvalue weighted by Crippen LogP contribution is 2.21. The standard InChI is InChI=1S/C11H12INO2/c1-3-6-13(2)11(15)8-4-5-9(12)10(14)7-8/h3-5,7,14H,1,6H2,2H3. The lowest BCUT2D eigenvalue weighted by Crippen LogP contribution is -2.26. The molecule has 0 saturated carbocycles. The largest absolute Gasteiger partial charge is 0.507 e. The molecule has 0 bridgehead atoms. The summed E-state index contributed by atoms with van der Waals surface area (Å²) in [7, 11) is 1.69. The molecule has 0 atom stereocenters. The Kier molecular flexibility index (Phi) is 4.14. The first-order chi connectivity index (χ1) is 7.06. The second kappa shape index (κ2) is 5.16. The van der Waals surface area contributed by atoms with Crippen LogP contribution in [0.1, 0.15) is 10.4 Å². The molecule has 0 unspecified atom stereocenters. The third-order valence-electron chi connectivity index (χ3n) is 1.94. The van der Waals surface area contributed by atoms with Crippen LogP contribution in [-0.4, -0.2) is 29.5 Å². The van der Waals surface area contributed by atoms with Gasteiger partial charge in [-0.1, -0.05) is 6.08 Å². The summed E-state index contributed by atoms with van der Waals surface area (Å²) in [4.78, 5) is 13.3. The van der Waals surface area contributed by atoms with Crippen LogP contribution >= 0.6 is 22.6 Å².